The molecular weight excluding hydrogens is 289 g/mol. The smallest absolute Gasteiger partial charge is 0.129 e. The number of hydrogen-bond donors (Lipinski definition) is 0. The van der Waals surface area contributed by atoms with Gasteiger partial charge in [-0.2, -0.15) is 0 Å². The predicted octanol–water partition coefficient (Wildman–Crippen LogP) is 5.18. The van der Waals surface area contributed by atoms with Crippen molar-refractivity contribution in [2.75, 3.05) is 5.88 Å². The minimum atomic E-state index is -0.544. The van der Waals surface area contributed by atoms with E-state index in [0.29, 0.717) is 5.02 Å². The molecule has 0 fully saturated rings. The molecule has 0 aromatic heterocycles. The molecule has 1 atom stereocenters. The third kappa shape index (κ3) is 3.46. The summed E-state index contributed by atoms with van der Waals surface area (Å²) in [5.41, 5.74) is 0.943. The summed E-state index contributed by atoms with van der Waals surface area (Å²) in [6.07, 6.45) is 0.211. The van der Waals surface area contributed by atoms with Gasteiger partial charge in [-0.3, -0.25) is 0 Å². The first kappa shape index (κ1) is 14.3. The lowest BCUT2D eigenvalue weighted by Gasteiger charge is -2.15. The zero-order valence-corrected chi connectivity index (χ0v) is 11.6. The highest BCUT2D eigenvalue weighted by atomic mass is 35.5. The first-order valence-corrected chi connectivity index (χ1v) is 6.77. The van der Waals surface area contributed by atoms with E-state index in [2.05, 4.69) is 0 Å². The van der Waals surface area contributed by atoms with E-state index in [9.17, 15) is 8.78 Å². The van der Waals surface area contributed by atoms with Gasteiger partial charge in [0.1, 0.15) is 11.6 Å². The van der Waals surface area contributed by atoms with Crippen LogP contribution in [0.15, 0.2) is 42.5 Å². The van der Waals surface area contributed by atoms with Gasteiger partial charge in [-0.1, -0.05) is 29.8 Å². The van der Waals surface area contributed by atoms with Crippen LogP contribution in [0, 0.1) is 11.6 Å². The van der Waals surface area contributed by atoms with Crippen LogP contribution < -0.4 is 0 Å². The molecule has 1 unspecified atom stereocenters. The largest absolute Gasteiger partial charge is 0.207 e. The van der Waals surface area contributed by atoms with E-state index in [4.69, 9.17) is 23.2 Å². The second-order valence-electron chi connectivity index (χ2n) is 4.31. The van der Waals surface area contributed by atoms with Gasteiger partial charge in [0.15, 0.2) is 0 Å². The molecular formula is C15H12Cl2F2. The first-order chi connectivity index (χ1) is 9.11. The Morgan fingerprint density at radius 1 is 1.00 bits per heavy atom. The van der Waals surface area contributed by atoms with Gasteiger partial charge in [-0.05, 0) is 36.2 Å². The predicted molar refractivity (Wildman–Crippen MR) is 75.0 cm³/mol. The third-order valence-electron chi connectivity index (χ3n) is 3.02. The third-order valence-corrected chi connectivity index (χ3v) is 3.63. The highest BCUT2D eigenvalue weighted by molar-refractivity contribution is 6.30. The Balaban J connectivity index is 2.29. The molecule has 19 heavy (non-hydrogen) atoms. The van der Waals surface area contributed by atoms with Crippen LogP contribution in [0.4, 0.5) is 8.78 Å². The Morgan fingerprint density at radius 3 is 2.21 bits per heavy atom. The van der Waals surface area contributed by atoms with Crippen molar-refractivity contribution in [3.63, 3.8) is 0 Å². The minimum Gasteiger partial charge on any atom is -0.207 e. The molecule has 4 heteroatoms. The molecule has 0 saturated carbocycles. The van der Waals surface area contributed by atoms with Gasteiger partial charge < -0.3 is 0 Å². The molecule has 0 aliphatic rings. The van der Waals surface area contributed by atoms with E-state index in [-0.39, 0.29) is 23.8 Å². The highest BCUT2D eigenvalue weighted by Crippen LogP contribution is 2.27. The summed E-state index contributed by atoms with van der Waals surface area (Å²) in [4.78, 5) is 0. The number of hydrogen-bond acceptors (Lipinski definition) is 0. The molecule has 0 spiro atoms. The molecule has 0 amide bonds. The molecule has 0 aliphatic carbocycles. The molecule has 0 aliphatic heterocycles. The molecule has 0 heterocycles. The fraction of sp³-hybridized carbons (Fsp3) is 0.200. The molecule has 0 N–H and O–H groups in total. The van der Waals surface area contributed by atoms with Gasteiger partial charge in [0.2, 0.25) is 0 Å². The van der Waals surface area contributed by atoms with Crippen molar-refractivity contribution in [1.82, 2.24) is 0 Å². The maximum atomic E-state index is 13.6. The van der Waals surface area contributed by atoms with Crippen molar-refractivity contribution in [2.45, 2.75) is 12.3 Å². The van der Waals surface area contributed by atoms with Crippen molar-refractivity contribution in [3.05, 3.63) is 70.2 Å². The zero-order valence-electron chi connectivity index (χ0n) is 10.0. The van der Waals surface area contributed by atoms with E-state index in [1.165, 1.54) is 18.2 Å². The normalized spacial score (nSPS) is 12.4. The van der Waals surface area contributed by atoms with Crippen LogP contribution in [-0.4, -0.2) is 5.88 Å². The Hall–Kier alpha value is -1.12. The molecule has 100 valence electrons. The van der Waals surface area contributed by atoms with Crippen LogP contribution in [-0.2, 0) is 6.42 Å². The van der Waals surface area contributed by atoms with Crippen LogP contribution in [0.2, 0.25) is 5.02 Å². The van der Waals surface area contributed by atoms with E-state index < -0.39 is 11.6 Å². The fourth-order valence-corrected chi connectivity index (χ4v) is 2.48. The van der Waals surface area contributed by atoms with Crippen molar-refractivity contribution in [2.24, 2.45) is 0 Å². The summed E-state index contributed by atoms with van der Waals surface area (Å²) in [7, 11) is 0. The molecule has 2 rings (SSSR count). The fourth-order valence-electron chi connectivity index (χ4n) is 2.00. The number of halogens is 4. The van der Waals surface area contributed by atoms with Crippen LogP contribution in [0.1, 0.15) is 17.0 Å². The van der Waals surface area contributed by atoms with Crippen molar-refractivity contribution < 1.29 is 8.78 Å². The Morgan fingerprint density at radius 2 is 1.63 bits per heavy atom. The van der Waals surface area contributed by atoms with Crippen LogP contribution in [0.3, 0.4) is 0 Å². The van der Waals surface area contributed by atoms with Crippen molar-refractivity contribution >= 4 is 23.2 Å². The highest BCUT2D eigenvalue weighted by Gasteiger charge is 2.17. The van der Waals surface area contributed by atoms with Crippen LogP contribution >= 0.6 is 23.2 Å². The summed E-state index contributed by atoms with van der Waals surface area (Å²) in [5, 5.41) is 0.585. The van der Waals surface area contributed by atoms with E-state index in [1.54, 1.807) is 18.2 Å². The van der Waals surface area contributed by atoms with Crippen molar-refractivity contribution in [1.29, 1.82) is 0 Å². The summed E-state index contributed by atoms with van der Waals surface area (Å²) >= 11 is 11.8. The molecule has 0 bridgehead atoms. The van der Waals surface area contributed by atoms with Gasteiger partial charge >= 0.3 is 0 Å². The number of alkyl halides is 1. The number of benzene rings is 2. The van der Waals surface area contributed by atoms with Gasteiger partial charge in [0.05, 0.1) is 0 Å². The van der Waals surface area contributed by atoms with Crippen LogP contribution in [0.5, 0.6) is 0 Å². The summed E-state index contributed by atoms with van der Waals surface area (Å²) < 4.78 is 27.3. The second-order valence-corrected chi connectivity index (χ2v) is 5.06. The first-order valence-electron chi connectivity index (χ1n) is 5.86. The van der Waals surface area contributed by atoms with E-state index in [0.717, 1.165) is 5.56 Å². The average Bonchev–Trinajstić information content (AvgIpc) is 2.38. The van der Waals surface area contributed by atoms with Gasteiger partial charge in [0, 0.05) is 22.4 Å². The topological polar surface area (TPSA) is 0 Å². The van der Waals surface area contributed by atoms with E-state index in [1.807, 2.05) is 6.07 Å². The maximum absolute atomic E-state index is 13.6. The molecule has 0 saturated heterocycles. The zero-order chi connectivity index (χ0) is 13.8. The summed E-state index contributed by atoms with van der Waals surface area (Å²) in [5.74, 6) is -0.991. The number of rotatable bonds is 4. The van der Waals surface area contributed by atoms with Crippen molar-refractivity contribution in [3.8, 4) is 0 Å². The van der Waals surface area contributed by atoms with Gasteiger partial charge in [-0.25, -0.2) is 8.78 Å². The lowest BCUT2D eigenvalue weighted by atomic mass is 9.93. The monoisotopic (exact) mass is 300 g/mol. The quantitative estimate of drug-likeness (QED) is 0.682. The average molecular weight is 301 g/mol. The summed E-state index contributed by atoms with van der Waals surface area (Å²) in [6, 6.07) is 11.0. The molecule has 0 nitrogen and oxygen atoms in total. The molecule has 2 aromatic carbocycles. The second kappa shape index (κ2) is 6.36. The lowest BCUT2D eigenvalue weighted by Crippen LogP contribution is -2.08. The minimum absolute atomic E-state index is 0.0631. The Bertz CT molecular complexity index is 550. The van der Waals surface area contributed by atoms with E-state index >= 15 is 0 Å². The molecule has 2 aromatic rings. The Kier molecular flexibility index (Phi) is 4.78. The summed E-state index contributed by atoms with van der Waals surface area (Å²) in [6.45, 7) is 0. The lowest BCUT2D eigenvalue weighted by molar-refractivity contribution is 0.544. The van der Waals surface area contributed by atoms with Gasteiger partial charge in [0.25, 0.3) is 0 Å². The standard InChI is InChI=1S/C15H12Cl2F2/c16-9-11(10-3-1-4-12(17)7-10)8-13-14(18)5-2-6-15(13)19/h1-7,11H,8-9H2. The maximum Gasteiger partial charge on any atom is 0.129 e. The molecule has 0 radical (unpaired) electrons. The Labute approximate surface area is 121 Å². The van der Waals surface area contributed by atoms with Gasteiger partial charge in [-0.15, -0.1) is 11.6 Å². The van der Waals surface area contributed by atoms with Crippen LogP contribution in [0.25, 0.3) is 0 Å². The SMILES string of the molecule is Fc1cccc(F)c1CC(CCl)c1cccc(Cl)c1.